The summed E-state index contributed by atoms with van der Waals surface area (Å²) in [7, 11) is 0. The molecule has 0 aliphatic rings. The van der Waals surface area contributed by atoms with Crippen molar-refractivity contribution in [3.8, 4) is 0 Å². The third-order valence-electron chi connectivity index (χ3n) is 3.31. The van der Waals surface area contributed by atoms with E-state index < -0.39 is 5.97 Å². The maximum atomic E-state index is 11.1. The molecule has 0 aliphatic carbocycles. The van der Waals surface area contributed by atoms with E-state index in [1.54, 1.807) is 12.1 Å². The van der Waals surface area contributed by atoms with Gasteiger partial charge in [-0.2, -0.15) is 0 Å². The van der Waals surface area contributed by atoms with Crippen LogP contribution in [0.4, 0.5) is 10.8 Å². The van der Waals surface area contributed by atoms with Crippen LogP contribution in [-0.2, 0) is 6.42 Å². The van der Waals surface area contributed by atoms with Gasteiger partial charge in [-0.3, -0.25) is 0 Å². The molecule has 0 amide bonds. The van der Waals surface area contributed by atoms with Gasteiger partial charge in [-0.1, -0.05) is 35.9 Å². The molecule has 0 unspecified atom stereocenters. The molecule has 0 spiro atoms. The van der Waals surface area contributed by atoms with Crippen molar-refractivity contribution in [3.05, 3.63) is 52.5 Å². The van der Waals surface area contributed by atoms with Crippen LogP contribution < -0.4 is 5.32 Å². The number of nitrogens with one attached hydrogen (secondary N) is 1. The number of hydrogen-bond acceptors (Lipinski definition) is 4. The fourth-order valence-electron chi connectivity index (χ4n) is 2.13. The van der Waals surface area contributed by atoms with E-state index in [1.165, 1.54) is 23.0 Å². The molecule has 1 aromatic heterocycles. The maximum absolute atomic E-state index is 11.1. The summed E-state index contributed by atoms with van der Waals surface area (Å²) >= 11 is 7.41. The number of carboxylic acid groups (broad SMARTS) is 1. The van der Waals surface area contributed by atoms with E-state index in [2.05, 4.69) is 29.4 Å². The largest absolute Gasteiger partial charge is 0.478 e. The molecule has 0 atom stereocenters. The van der Waals surface area contributed by atoms with E-state index in [1.807, 2.05) is 6.07 Å². The minimum Gasteiger partial charge on any atom is -0.478 e. The number of hydrogen-bond donors (Lipinski definition) is 2. The molecule has 6 heteroatoms. The van der Waals surface area contributed by atoms with Crippen molar-refractivity contribution in [2.45, 2.75) is 13.3 Å². The Morgan fingerprint density at radius 3 is 2.86 bits per heavy atom. The van der Waals surface area contributed by atoms with Gasteiger partial charge >= 0.3 is 5.97 Å². The number of carbonyl (C=O) groups is 1. The molecular weight excluding hydrogens is 320 g/mol. The SMILES string of the molecule is CCc1ccc2nc(Nc3ccc(Cl)c(C(=O)O)c3)sc2c1. The number of aryl methyl sites for hydroxylation is 1. The van der Waals surface area contributed by atoms with E-state index in [0.717, 1.165) is 21.8 Å². The van der Waals surface area contributed by atoms with Crippen LogP contribution in [0.1, 0.15) is 22.8 Å². The van der Waals surface area contributed by atoms with Crippen molar-refractivity contribution < 1.29 is 9.90 Å². The summed E-state index contributed by atoms with van der Waals surface area (Å²) in [4.78, 5) is 15.6. The minimum absolute atomic E-state index is 0.0704. The molecule has 3 rings (SSSR count). The first-order valence-electron chi connectivity index (χ1n) is 6.76. The number of aromatic carboxylic acids is 1. The monoisotopic (exact) mass is 332 g/mol. The quantitative estimate of drug-likeness (QED) is 0.709. The molecule has 0 radical (unpaired) electrons. The summed E-state index contributed by atoms with van der Waals surface area (Å²) in [5, 5.41) is 13.2. The van der Waals surface area contributed by atoms with Crippen LogP contribution in [-0.4, -0.2) is 16.1 Å². The number of fused-ring (bicyclic) bond motifs is 1. The number of carboxylic acids is 1. The van der Waals surface area contributed by atoms with Gasteiger partial charge in [0.25, 0.3) is 0 Å². The lowest BCUT2D eigenvalue weighted by Gasteiger charge is -2.05. The summed E-state index contributed by atoms with van der Waals surface area (Å²) in [6.07, 6.45) is 0.982. The minimum atomic E-state index is -1.05. The number of rotatable bonds is 4. The Hall–Kier alpha value is -2.11. The van der Waals surface area contributed by atoms with Crippen LogP contribution in [0.25, 0.3) is 10.2 Å². The van der Waals surface area contributed by atoms with Gasteiger partial charge < -0.3 is 10.4 Å². The smallest absolute Gasteiger partial charge is 0.337 e. The van der Waals surface area contributed by atoms with Crippen LogP contribution in [0.2, 0.25) is 5.02 Å². The molecule has 0 saturated heterocycles. The predicted octanol–water partition coefficient (Wildman–Crippen LogP) is 4.95. The molecule has 112 valence electrons. The van der Waals surface area contributed by atoms with Crippen LogP contribution in [0, 0.1) is 0 Å². The summed E-state index contributed by atoms with van der Waals surface area (Å²) in [6.45, 7) is 2.11. The summed E-state index contributed by atoms with van der Waals surface area (Å²) in [5.41, 5.74) is 2.91. The normalized spacial score (nSPS) is 10.8. The Morgan fingerprint density at radius 1 is 1.32 bits per heavy atom. The van der Waals surface area contributed by atoms with Crippen molar-refractivity contribution in [2.75, 3.05) is 5.32 Å². The molecule has 2 aromatic carbocycles. The van der Waals surface area contributed by atoms with Crippen molar-refractivity contribution in [2.24, 2.45) is 0 Å². The lowest BCUT2D eigenvalue weighted by Crippen LogP contribution is -1.99. The highest BCUT2D eigenvalue weighted by Gasteiger charge is 2.11. The standard InChI is InChI=1S/C16H13ClN2O2S/c1-2-9-3-6-13-14(7-9)22-16(19-13)18-10-4-5-12(17)11(8-10)15(20)21/h3-8H,2H2,1H3,(H,18,19)(H,20,21). The van der Waals surface area contributed by atoms with E-state index in [0.29, 0.717) is 5.69 Å². The molecule has 22 heavy (non-hydrogen) atoms. The Bertz CT molecular complexity index is 860. The highest BCUT2D eigenvalue weighted by Crippen LogP contribution is 2.30. The Labute approximate surface area is 136 Å². The molecule has 0 bridgehead atoms. The molecule has 2 N–H and O–H groups in total. The Morgan fingerprint density at radius 2 is 2.14 bits per heavy atom. The van der Waals surface area contributed by atoms with E-state index in [-0.39, 0.29) is 10.6 Å². The molecule has 3 aromatic rings. The molecule has 0 aliphatic heterocycles. The second kappa shape index (κ2) is 5.94. The van der Waals surface area contributed by atoms with E-state index in [4.69, 9.17) is 16.7 Å². The maximum Gasteiger partial charge on any atom is 0.337 e. The predicted molar refractivity (Wildman–Crippen MR) is 90.7 cm³/mol. The number of nitrogens with zero attached hydrogens (tertiary/aromatic N) is 1. The van der Waals surface area contributed by atoms with Gasteiger partial charge in [0.15, 0.2) is 5.13 Å². The number of benzene rings is 2. The zero-order chi connectivity index (χ0) is 15.7. The average Bonchev–Trinajstić information content (AvgIpc) is 2.90. The number of thiazole rings is 1. The van der Waals surface area contributed by atoms with Crippen LogP contribution >= 0.6 is 22.9 Å². The zero-order valence-electron chi connectivity index (χ0n) is 11.8. The third kappa shape index (κ3) is 2.91. The summed E-state index contributed by atoms with van der Waals surface area (Å²) in [6, 6.07) is 11.0. The molecule has 1 heterocycles. The topological polar surface area (TPSA) is 62.2 Å². The highest BCUT2D eigenvalue weighted by molar-refractivity contribution is 7.22. The van der Waals surface area contributed by atoms with Crippen LogP contribution in [0.15, 0.2) is 36.4 Å². The first-order valence-corrected chi connectivity index (χ1v) is 7.95. The fourth-order valence-corrected chi connectivity index (χ4v) is 3.28. The van der Waals surface area contributed by atoms with Gasteiger partial charge in [0, 0.05) is 5.69 Å². The number of anilines is 2. The number of aromatic nitrogens is 1. The van der Waals surface area contributed by atoms with E-state index in [9.17, 15) is 4.79 Å². The lowest BCUT2D eigenvalue weighted by molar-refractivity contribution is 0.0697. The van der Waals surface area contributed by atoms with Gasteiger partial charge in [0.2, 0.25) is 0 Å². The fraction of sp³-hybridized carbons (Fsp3) is 0.125. The molecule has 0 saturated carbocycles. The van der Waals surface area contributed by atoms with Crippen molar-refractivity contribution in [1.29, 1.82) is 0 Å². The Kier molecular flexibility index (Phi) is 4.00. The van der Waals surface area contributed by atoms with E-state index >= 15 is 0 Å². The zero-order valence-corrected chi connectivity index (χ0v) is 13.3. The van der Waals surface area contributed by atoms with Crippen molar-refractivity contribution in [1.82, 2.24) is 4.98 Å². The molecule has 4 nitrogen and oxygen atoms in total. The van der Waals surface area contributed by atoms with Crippen molar-refractivity contribution >= 4 is 49.9 Å². The first-order chi connectivity index (χ1) is 10.6. The molecular formula is C16H13ClN2O2S. The van der Waals surface area contributed by atoms with Gasteiger partial charge in [-0.05, 0) is 42.3 Å². The van der Waals surface area contributed by atoms with Gasteiger partial charge in [0.1, 0.15) is 0 Å². The second-order valence-corrected chi connectivity index (χ2v) is 6.24. The Balaban J connectivity index is 1.93. The number of halogens is 1. The van der Waals surface area contributed by atoms with Crippen molar-refractivity contribution in [3.63, 3.8) is 0 Å². The van der Waals surface area contributed by atoms with Gasteiger partial charge in [0.05, 0.1) is 20.8 Å². The van der Waals surface area contributed by atoms with Crippen LogP contribution in [0.5, 0.6) is 0 Å². The van der Waals surface area contributed by atoms with Gasteiger partial charge in [-0.25, -0.2) is 9.78 Å². The first kappa shape index (κ1) is 14.8. The summed E-state index contributed by atoms with van der Waals surface area (Å²) < 4.78 is 1.11. The lowest BCUT2D eigenvalue weighted by atomic mass is 10.2. The summed E-state index contributed by atoms with van der Waals surface area (Å²) in [5.74, 6) is -1.05. The van der Waals surface area contributed by atoms with Crippen LogP contribution in [0.3, 0.4) is 0 Å². The average molecular weight is 333 g/mol. The highest BCUT2D eigenvalue weighted by atomic mass is 35.5. The van der Waals surface area contributed by atoms with Gasteiger partial charge in [-0.15, -0.1) is 0 Å². The molecule has 0 fully saturated rings. The third-order valence-corrected chi connectivity index (χ3v) is 4.57. The second-order valence-electron chi connectivity index (χ2n) is 4.80.